The van der Waals surface area contributed by atoms with Gasteiger partial charge in [-0.15, -0.1) is 11.3 Å². The van der Waals surface area contributed by atoms with Gasteiger partial charge in [0.1, 0.15) is 10.9 Å². The highest BCUT2D eigenvalue weighted by atomic mass is 35.5. The molecule has 1 atom stereocenters. The molecule has 0 radical (unpaired) electrons. The van der Waals surface area contributed by atoms with Crippen molar-refractivity contribution in [3.8, 4) is 6.07 Å². The molecule has 1 heterocycles. The Labute approximate surface area is 158 Å². The second kappa shape index (κ2) is 7.56. The van der Waals surface area contributed by atoms with Crippen LogP contribution in [0.15, 0.2) is 48.5 Å². The van der Waals surface area contributed by atoms with Gasteiger partial charge in [-0.25, -0.2) is 4.79 Å². The molecule has 1 aromatic heterocycles. The molecule has 1 unspecified atom stereocenters. The summed E-state index contributed by atoms with van der Waals surface area (Å²) in [7, 11) is 0. The van der Waals surface area contributed by atoms with Gasteiger partial charge in [-0.05, 0) is 42.6 Å². The third-order valence-electron chi connectivity index (χ3n) is 3.64. The maximum Gasteiger partial charge on any atom is 0.349 e. The Balaban J connectivity index is 1.66. The lowest BCUT2D eigenvalue weighted by Gasteiger charge is -2.13. The number of nitrogens with one attached hydrogen (secondary N) is 1. The predicted octanol–water partition coefficient (Wildman–Crippen LogP) is 4.61. The smallest absolute Gasteiger partial charge is 0.349 e. The largest absolute Gasteiger partial charge is 0.448 e. The van der Waals surface area contributed by atoms with Gasteiger partial charge in [0.2, 0.25) is 0 Å². The summed E-state index contributed by atoms with van der Waals surface area (Å²) in [6.45, 7) is 1.49. The number of hydrogen-bond donors (Lipinski definition) is 1. The molecule has 3 aromatic rings. The molecule has 0 aliphatic heterocycles. The van der Waals surface area contributed by atoms with Gasteiger partial charge in [0.25, 0.3) is 5.91 Å². The van der Waals surface area contributed by atoms with Crippen LogP contribution in [-0.2, 0) is 9.53 Å². The summed E-state index contributed by atoms with van der Waals surface area (Å²) in [5.74, 6) is -1.04. The molecular weight excluding hydrogens is 372 g/mol. The highest BCUT2D eigenvalue weighted by molar-refractivity contribution is 7.20. The first-order valence-corrected chi connectivity index (χ1v) is 8.87. The van der Waals surface area contributed by atoms with Crippen molar-refractivity contribution < 1.29 is 14.3 Å². The summed E-state index contributed by atoms with van der Waals surface area (Å²) >= 11 is 7.25. The molecule has 2 aromatic carbocycles. The standard InChI is InChI=1S/C19H13ClN2O3S/c1-11(18(23)22-14-7-6-13(10-21)15(20)9-14)25-19(24)17-8-12-4-2-3-5-16(12)26-17/h2-9,11H,1H3,(H,22,23). The highest BCUT2D eigenvalue weighted by Crippen LogP contribution is 2.26. The quantitative estimate of drug-likeness (QED) is 0.666. The van der Waals surface area contributed by atoms with E-state index in [-0.39, 0.29) is 5.02 Å². The molecule has 1 N–H and O–H groups in total. The molecule has 1 amide bonds. The van der Waals surface area contributed by atoms with Crippen molar-refractivity contribution >= 4 is 50.6 Å². The molecule has 0 saturated heterocycles. The lowest BCUT2D eigenvalue weighted by molar-refractivity contribution is -0.123. The molecule has 3 rings (SSSR count). The van der Waals surface area contributed by atoms with Crippen molar-refractivity contribution in [1.29, 1.82) is 5.26 Å². The minimum Gasteiger partial charge on any atom is -0.448 e. The van der Waals surface area contributed by atoms with E-state index >= 15 is 0 Å². The van der Waals surface area contributed by atoms with Gasteiger partial charge in [0, 0.05) is 10.4 Å². The van der Waals surface area contributed by atoms with E-state index in [0.717, 1.165) is 10.1 Å². The first-order valence-electron chi connectivity index (χ1n) is 7.68. The number of halogens is 1. The molecule has 26 heavy (non-hydrogen) atoms. The molecule has 0 spiro atoms. The van der Waals surface area contributed by atoms with Gasteiger partial charge in [0.05, 0.1) is 10.6 Å². The number of hydrogen-bond acceptors (Lipinski definition) is 5. The maximum absolute atomic E-state index is 12.3. The average molecular weight is 385 g/mol. The minimum atomic E-state index is -0.984. The Hall–Kier alpha value is -2.88. The van der Waals surface area contributed by atoms with Crippen LogP contribution in [0.25, 0.3) is 10.1 Å². The molecule has 0 bridgehead atoms. The number of esters is 1. The molecule has 130 valence electrons. The predicted molar refractivity (Wildman–Crippen MR) is 101 cm³/mol. The normalized spacial score (nSPS) is 11.6. The lowest BCUT2D eigenvalue weighted by Crippen LogP contribution is -2.29. The fourth-order valence-electron chi connectivity index (χ4n) is 2.28. The maximum atomic E-state index is 12.3. The summed E-state index contributed by atoms with van der Waals surface area (Å²) in [5.41, 5.74) is 0.734. The van der Waals surface area contributed by atoms with Gasteiger partial charge < -0.3 is 10.1 Å². The van der Waals surface area contributed by atoms with Crippen molar-refractivity contribution in [3.63, 3.8) is 0 Å². The number of nitriles is 1. The van der Waals surface area contributed by atoms with Gasteiger partial charge >= 0.3 is 5.97 Å². The fraction of sp³-hybridized carbons (Fsp3) is 0.105. The number of rotatable bonds is 4. The molecular formula is C19H13ClN2O3S. The minimum absolute atomic E-state index is 0.236. The number of anilines is 1. The number of carbonyl (C=O) groups is 2. The van der Waals surface area contributed by atoms with E-state index in [4.69, 9.17) is 21.6 Å². The SMILES string of the molecule is CC(OC(=O)c1cc2ccccc2s1)C(=O)Nc1ccc(C#N)c(Cl)c1. The van der Waals surface area contributed by atoms with E-state index in [1.54, 1.807) is 12.1 Å². The topological polar surface area (TPSA) is 79.2 Å². The zero-order chi connectivity index (χ0) is 18.7. The monoisotopic (exact) mass is 384 g/mol. The number of fused-ring (bicyclic) bond motifs is 1. The van der Waals surface area contributed by atoms with Gasteiger partial charge in [-0.3, -0.25) is 4.79 Å². The zero-order valence-corrected chi connectivity index (χ0v) is 15.2. The van der Waals surface area contributed by atoms with Crippen LogP contribution in [0.1, 0.15) is 22.2 Å². The van der Waals surface area contributed by atoms with Crippen LogP contribution >= 0.6 is 22.9 Å². The molecule has 5 nitrogen and oxygen atoms in total. The van der Waals surface area contributed by atoms with Crippen LogP contribution in [-0.4, -0.2) is 18.0 Å². The van der Waals surface area contributed by atoms with Gasteiger partial charge in [-0.2, -0.15) is 5.26 Å². The lowest BCUT2D eigenvalue weighted by atomic mass is 10.2. The van der Waals surface area contributed by atoms with Crippen LogP contribution in [0.3, 0.4) is 0 Å². The third-order valence-corrected chi connectivity index (χ3v) is 5.05. The van der Waals surface area contributed by atoms with E-state index in [1.165, 1.54) is 30.4 Å². The van der Waals surface area contributed by atoms with E-state index < -0.39 is 18.0 Å². The summed E-state index contributed by atoms with van der Waals surface area (Å²) in [6.07, 6.45) is -0.984. The molecule has 7 heteroatoms. The van der Waals surface area contributed by atoms with Crippen molar-refractivity contribution in [2.75, 3.05) is 5.32 Å². The number of carbonyl (C=O) groups excluding carboxylic acids is 2. The van der Waals surface area contributed by atoms with Crippen molar-refractivity contribution in [2.24, 2.45) is 0 Å². The first-order chi connectivity index (χ1) is 12.5. The number of nitrogens with zero attached hydrogens (tertiary/aromatic N) is 1. The average Bonchev–Trinajstić information content (AvgIpc) is 3.06. The summed E-state index contributed by atoms with van der Waals surface area (Å²) in [6, 6.07) is 15.8. The van der Waals surface area contributed by atoms with Crippen LogP contribution in [0.5, 0.6) is 0 Å². The number of ether oxygens (including phenoxy) is 1. The zero-order valence-electron chi connectivity index (χ0n) is 13.7. The fourth-order valence-corrected chi connectivity index (χ4v) is 3.45. The summed E-state index contributed by atoms with van der Waals surface area (Å²) < 4.78 is 6.22. The van der Waals surface area contributed by atoms with Gasteiger partial charge in [0.15, 0.2) is 6.10 Å². The van der Waals surface area contributed by atoms with Crippen molar-refractivity contribution in [1.82, 2.24) is 0 Å². The second-order valence-corrected chi connectivity index (χ2v) is 6.98. The molecule has 0 fully saturated rings. The van der Waals surface area contributed by atoms with E-state index in [0.29, 0.717) is 16.1 Å². The third kappa shape index (κ3) is 3.85. The van der Waals surface area contributed by atoms with Crippen LogP contribution in [0.2, 0.25) is 5.02 Å². The molecule has 0 aliphatic carbocycles. The van der Waals surface area contributed by atoms with E-state index in [2.05, 4.69) is 5.32 Å². The van der Waals surface area contributed by atoms with Crippen molar-refractivity contribution in [2.45, 2.75) is 13.0 Å². The second-order valence-electron chi connectivity index (χ2n) is 5.49. The van der Waals surface area contributed by atoms with Gasteiger partial charge in [-0.1, -0.05) is 29.8 Å². The van der Waals surface area contributed by atoms with E-state index in [1.807, 2.05) is 30.3 Å². The molecule has 0 aliphatic rings. The Bertz CT molecular complexity index is 1010. The van der Waals surface area contributed by atoms with Crippen LogP contribution < -0.4 is 5.32 Å². The molecule has 0 saturated carbocycles. The number of amides is 1. The Morgan fingerprint density at radius 3 is 2.69 bits per heavy atom. The summed E-state index contributed by atoms with van der Waals surface area (Å²) in [4.78, 5) is 24.9. The van der Waals surface area contributed by atoms with Crippen LogP contribution in [0, 0.1) is 11.3 Å². The Morgan fingerprint density at radius 1 is 1.23 bits per heavy atom. The Morgan fingerprint density at radius 2 is 2.00 bits per heavy atom. The summed E-state index contributed by atoms with van der Waals surface area (Å²) in [5, 5.41) is 12.7. The number of benzene rings is 2. The number of thiophene rings is 1. The van der Waals surface area contributed by atoms with Crippen molar-refractivity contribution in [3.05, 3.63) is 64.0 Å². The van der Waals surface area contributed by atoms with E-state index in [9.17, 15) is 9.59 Å². The first kappa shape index (κ1) is 17.9. The van der Waals surface area contributed by atoms with Crippen LogP contribution in [0.4, 0.5) is 5.69 Å². The highest BCUT2D eigenvalue weighted by Gasteiger charge is 2.20. The Kier molecular flexibility index (Phi) is 5.21.